The summed E-state index contributed by atoms with van der Waals surface area (Å²) in [5.41, 5.74) is 6.59. The Bertz CT molecular complexity index is 1030. The molecule has 1 aromatic rings. The molecule has 5 atom stereocenters. The third-order valence-corrected chi connectivity index (χ3v) is 8.69. The van der Waals surface area contributed by atoms with Gasteiger partial charge in [0.15, 0.2) is 0 Å². The second-order valence-corrected chi connectivity index (χ2v) is 10.3. The number of piperidine rings is 1. The fourth-order valence-corrected chi connectivity index (χ4v) is 7.22. The van der Waals surface area contributed by atoms with Crippen LogP contribution in [-0.2, 0) is 16.6 Å². The van der Waals surface area contributed by atoms with Crippen LogP contribution in [0.25, 0.3) is 0 Å². The first kappa shape index (κ1) is 20.2. The van der Waals surface area contributed by atoms with Crippen LogP contribution in [0.1, 0.15) is 60.5 Å². The Labute approximate surface area is 188 Å². The van der Waals surface area contributed by atoms with Crippen LogP contribution in [0.2, 0.25) is 0 Å². The standard InChI is InChI=1S/C25H31N3O4/c1-2-3-19(29)27-17-8-9-25(31)18-12-15-6-7-16(23(26)30)21-20(15)24(25,22(17)32-21)10-11-28(18)13-14-4-5-14/h2-3,6-7,14,17-18,22,31H,4-5,8-13H2,1H3,(H2,26,30)(H,27,29)/b3-2+/t17-,18-,22?,24+,25-/m1/s1. The Morgan fingerprint density at radius 3 is 2.84 bits per heavy atom. The number of hydrogen-bond donors (Lipinski definition) is 3. The van der Waals surface area contributed by atoms with E-state index in [2.05, 4.69) is 10.2 Å². The number of likely N-dealkylation sites (tertiary alicyclic amines) is 1. The summed E-state index contributed by atoms with van der Waals surface area (Å²) in [6.45, 7) is 3.74. The Hall–Kier alpha value is -2.38. The van der Waals surface area contributed by atoms with E-state index in [4.69, 9.17) is 10.5 Å². The maximum absolute atomic E-state index is 12.4. The van der Waals surface area contributed by atoms with Crippen LogP contribution in [-0.4, -0.2) is 58.7 Å². The zero-order valence-corrected chi connectivity index (χ0v) is 18.5. The summed E-state index contributed by atoms with van der Waals surface area (Å²) in [5.74, 6) is 0.589. The molecule has 3 fully saturated rings. The van der Waals surface area contributed by atoms with Gasteiger partial charge in [0.2, 0.25) is 5.91 Å². The van der Waals surface area contributed by atoms with Crippen molar-refractivity contribution in [2.75, 3.05) is 13.1 Å². The minimum absolute atomic E-state index is 0.0213. The maximum Gasteiger partial charge on any atom is 0.252 e. The number of nitrogens with one attached hydrogen (secondary N) is 1. The van der Waals surface area contributed by atoms with Crippen molar-refractivity contribution >= 4 is 11.8 Å². The largest absolute Gasteiger partial charge is 0.486 e. The summed E-state index contributed by atoms with van der Waals surface area (Å²) in [7, 11) is 0. The van der Waals surface area contributed by atoms with E-state index in [0.717, 1.165) is 43.0 Å². The molecular formula is C25H31N3O4. The molecule has 4 N–H and O–H groups in total. The average Bonchev–Trinajstić information content (AvgIpc) is 3.49. The molecule has 2 heterocycles. The fraction of sp³-hybridized carbons (Fsp3) is 0.600. The van der Waals surface area contributed by atoms with E-state index in [-0.39, 0.29) is 18.0 Å². The minimum Gasteiger partial charge on any atom is -0.486 e. The second-order valence-electron chi connectivity index (χ2n) is 10.3. The zero-order valence-electron chi connectivity index (χ0n) is 18.5. The molecule has 170 valence electrons. The van der Waals surface area contributed by atoms with Gasteiger partial charge in [-0.25, -0.2) is 0 Å². The van der Waals surface area contributed by atoms with E-state index in [1.807, 2.05) is 13.0 Å². The molecule has 7 nitrogen and oxygen atoms in total. The van der Waals surface area contributed by atoms with Crippen LogP contribution in [0.15, 0.2) is 24.3 Å². The summed E-state index contributed by atoms with van der Waals surface area (Å²) < 4.78 is 6.54. The SMILES string of the molecule is C/C=C/C(=O)N[C@@H]1CC[C@@]2(O)[C@H]3Cc4ccc(C(N)=O)c5c4[C@@]2(CCN3CC2CC2)C1O5. The molecule has 2 bridgehead atoms. The summed E-state index contributed by atoms with van der Waals surface area (Å²) in [5, 5.41) is 15.6. The molecule has 0 aromatic heterocycles. The molecule has 3 aliphatic carbocycles. The van der Waals surface area contributed by atoms with Gasteiger partial charge in [0, 0.05) is 18.2 Å². The highest BCUT2D eigenvalue weighted by Crippen LogP contribution is 2.64. The second kappa shape index (κ2) is 6.81. The molecule has 1 saturated heterocycles. The molecular weight excluding hydrogens is 406 g/mol. The normalized spacial score (nSPS) is 37.1. The van der Waals surface area contributed by atoms with Crippen molar-refractivity contribution in [3.63, 3.8) is 0 Å². The quantitative estimate of drug-likeness (QED) is 0.604. The van der Waals surface area contributed by atoms with Gasteiger partial charge < -0.3 is 20.9 Å². The predicted octanol–water partition coefficient (Wildman–Crippen LogP) is 1.41. The summed E-state index contributed by atoms with van der Waals surface area (Å²) >= 11 is 0. The van der Waals surface area contributed by atoms with E-state index in [0.29, 0.717) is 24.2 Å². The number of nitrogens with zero attached hydrogens (tertiary/aromatic N) is 1. The molecule has 0 radical (unpaired) electrons. The zero-order chi connectivity index (χ0) is 22.3. The number of allylic oxidation sites excluding steroid dienone is 1. The van der Waals surface area contributed by atoms with Crippen molar-refractivity contribution in [2.45, 2.75) is 74.7 Å². The van der Waals surface area contributed by atoms with Crippen molar-refractivity contribution in [1.29, 1.82) is 0 Å². The lowest BCUT2D eigenvalue weighted by atomic mass is 9.48. The van der Waals surface area contributed by atoms with Crippen molar-refractivity contribution < 1.29 is 19.4 Å². The topological polar surface area (TPSA) is 105 Å². The Kier molecular flexibility index (Phi) is 4.31. The molecule has 2 saturated carbocycles. The molecule has 7 heteroatoms. The van der Waals surface area contributed by atoms with Gasteiger partial charge in [-0.2, -0.15) is 0 Å². The van der Waals surface area contributed by atoms with Gasteiger partial charge in [0.1, 0.15) is 11.9 Å². The number of amides is 2. The van der Waals surface area contributed by atoms with Gasteiger partial charge in [-0.15, -0.1) is 0 Å². The number of carbonyl (C=O) groups excluding carboxylic acids is 2. The number of primary amides is 1. The molecule has 2 aliphatic heterocycles. The lowest BCUT2D eigenvalue weighted by Gasteiger charge is -2.64. The third-order valence-electron chi connectivity index (χ3n) is 8.69. The fourth-order valence-electron chi connectivity index (χ4n) is 7.22. The summed E-state index contributed by atoms with van der Waals surface area (Å²) in [4.78, 5) is 27.2. The van der Waals surface area contributed by atoms with E-state index in [1.54, 1.807) is 12.1 Å². The maximum atomic E-state index is 12.4. The van der Waals surface area contributed by atoms with Crippen LogP contribution in [0.3, 0.4) is 0 Å². The first-order valence-electron chi connectivity index (χ1n) is 11.9. The molecule has 1 spiro atoms. The number of nitrogens with two attached hydrogens (primary N) is 1. The van der Waals surface area contributed by atoms with Gasteiger partial charge in [0.05, 0.1) is 22.6 Å². The molecule has 32 heavy (non-hydrogen) atoms. The van der Waals surface area contributed by atoms with E-state index in [1.165, 1.54) is 18.9 Å². The van der Waals surface area contributed by atoms with Gasteiger partial charge >= 0.3 is 0 Å². The highest BCUT2D eigenvalue weighted by Gasteiger charge is 2.73. The van der Waals surface area contributed by atoms with Gasteiger partial charge in [-0.1, -0.05) is 12.1 Å². The van der Waals surface area contributed by atoms with E-state index >= 15 is 0 Å². The van der Waals surface area contributed by atoms with Crippen LogP contribution in [0, 0.1) is 5.92 Å². The number of rotatable bonds is 5. The highest BCUT2D eigenvalue weighted by molar-refractivity contribution is 5.97. The first-order valence-corrected chi connectivity index (χ1v) is 11.9. The predicted molar refractivity (Wildman–Crippen MR) is 118 cm³/mol. The van der Waals surface area contributed by atoms with Gasteiger partial charge in [-0.3, -0.25) is 14.5 Å². The summed E-state index contributed by atoms with van der Waals surface area (Å²) in [6, 6.07) is 3.55. The molecule has 1 unspecified atom stereocenters. The Morgan fingerprint density at radius 1 is 1.31 bits per heavy atom. The lowest BCUT2D eigenvalue weighted by molar-refractivity contribution is -0.192. The summed E-state index contributed by atoms with van der Waals surface area (Å²) in [6.07, 6.45) is 8.09. The van der Waals surface area contributed by atoms with Gasteiger partial charge in [-0.05, 0) is 75.6 Å². The number of hydrogen-bond acceptors (Lipinski definition) is 5. The lowest BCUT2D eigenvalue weighted by Crippen LogP contribution is -2.78. The van der Waals surface area contributed by atoms with Crippen LogP contribution < -0.4 is 15.8 Å². The number of carbonyl (C=O) groups is 2. The van der Waals surface area contributed by atoms with Crippen molar-refractivity contribution in [2.24, 2.45) is 11.7 Å². The molecule has 5 aliphatic rings. The average molecular weight is 438 g/mol. The van der Waals surface area contributed by atoms with Crippen molar-refractivity contribution in [3.05, 3.63) is 41.0 Å². The highest BCUT2D eigenvalue weighted by atomic mass is 16.5. The van der Waals surface area contributed by atoms with Crippen LogP contribution in [0.4, 0.5) is 0 Å². The third kappa shape index (κ3) is 2.55. The number of benzene rings is 1. The van der Waals surface area contributed by atoms with Crippen LogP contribution in [0.5, 0.6) is 5.75 Å². The smallest absolute Gasteiger partial charge is 0.252 e. The number of ether oxygens (including phenoxy) is 1. The Morgan fingerprint density at radius 2 is 2.12 bits per heavy atom. The van der Waals surface area contributed by atoms with E-state index in [9.17, 15) is 14.7 Å². The monoisotopic (exact) mass is 437 g/mol. The first-order chi connectivity index (χ1) is 15.4. The minimum atomic E-state index is -0.957. The Balaban J connectivity index is 1.49. The van der Waals surface area contributed by atoms with E-state index < -0.39 is 23.0 Å². The molecule has 2 amide bonds. The number of aliphatic hydroxyl groups is 1. The molecule has 1 aromatic carbocycles. The van der Waals surface area contributed by atoms with Gasteiger partial charge in [0.25, 0.3) is 5.91 Å². The van der Waals surface area contributed by atoms with Crippen LogP contribution >= 0.6 is 0 Å². The molecule has 6 rings (SSSR count). The van der Waals surface area contributed by atoms with Crippen molar-refractivity contribution in [1.82, 2.24) is 10.2 Å². The van der Waals surface area contributed by atoms with Crippen molar-refractivity contribution in [3.8, 4) is 5.75 Å².